The number of benzene rings is 1. The van der Waals surface area contributed by atoms with E-state index in [2.05, 4.69) is 4.74 Å². The SMILES string of the molecule is COC(=O)C(C)CC(=O)C(N)Cc1ccccc1.Cl. The highest BCUT2D eigenvalue weighted by atomic mass is 35.5. The predicted octanol–water partition coefficient (Wildman–Crippen LogP) is 1.75. The highest BCUT2D eigenvalue weighted by molar-refractivity contribution is 5.88. The first-order valence-electron chi connectivity index (χ1n) is 5.94. The molecule has 1 aromatic carbocycles. The van der Waals surface area contributed by atoms with Crippen molar-refractivity contribution in [1.29, 1.82) is 0 Å². The van der Waals surface area contributed by atoms with Crippen LogP contribution in [0.15, 0.2) is 30.3 Å². The molecule has 0 aromatic heterocycles. The quantitative estimate of drug-likeness (QED) is 0.809. The van der Waals surface area contributed by atoms with Crippen LogP contribution in [0.3, 0.4) is 0 Å². The minimum Gasteiger partial charge on any atom is -0.469 e. The molecule has 0 aliphatic carbocycles. The number of esters is 1. The molecule has 1 aromatic rings. The van der Waals surface area contributed by atoms with Gasteiger partial charge in [0.05, 0.1) is 19.1 Å². The van der Waals surface area contributed by atoms with Crippen LogP contribution in [0.4, 0.5) is 0 Å². The van der Waals surface area contributed by atoms with E-state index in [1.807, 2.05) is 30.3 Å². The largest absolute Gasteiger partial charge is 0.469 e. The maximum atomic E-state index is 11.8. The summed E-state index contributed by atoms with van der Waals surface area (Å²) in [7, 11) is 1.31. The first kappa shape index (κ1) is 17.6. The molecule has 1 rings (SSSR count). The molecule has 19 heavy (non-hydrogen) atoms. The highest BCUT2D eigenvalue weighted by Gasteiger charge is 2.21. The summed E-state index contributed by atoms with van der Waals surface area (Å²) in [6.45, 7) is 1.67. The van der Waals surface area contributed by atoms with Crippen molar-refractivity contribution < 1.29 is 14.3 Å². The Morgan fingerprint density at radius 3 is 2.37 bits per heavy atom. The molecule has 0 aliphatic rings. The summed E-state index contributed by atoms with van der Waals surface area (Å²) in [4.78, 5) is 23.1. The number of hydrogen-bond donors (Lipinski definition) is 1. The van der Waals surface area contributed by atoms with E-state index in [0.29, 0.717) is 6.42 Å². The second kappa shape index (κ2) is 8.67. The summed E-state index contributed by atoms with van der Waals surface area (Å²) in [5.74, 6) is -0.934. The molecule has 0 bridgehead atoms. The molecule has 0 aliphatic heterocycles. The molecule has 4 nitrogen and oxygen atoms in total. The first-order valence-corrected chi connectivity index (χ1v) is 5.94. The smallest absolute Gasteiger partial charge is 0.308 e. The molecule has 5 heteroatoms. The second-order valence-electron chi connectivity index (χ2n) is 4.39. The molecule has 0 heterocycles. The lowest BCUT2D eigenvalue weighted by molar-refractivity contribution is -0.146. The fourth-order valence-corrected chi connectivity index (χ4v) is 1.72. The molecule has 2 atom stereocenters. The minimum atomic E-state index is -0.570. The van der Waals surface area contributed by atoms with Gasteiger partial charge in [0.15, 0.2) is 5.78 Å². The van der Waals surface area contributed by atoms with Gasteiger partial charge in [-0.05, 0) is 12.0 Å². The van der Waals surface area contributed by atoms with Gasteiger partial charge in [-0.1, -0.05) is 37.3 Å². The number of Topliss-reactive ketones (excluding diaryl/α,β-unsaturated/α-hetero) is 1. The van der Waals surface area contributed by atoms with Gasteiger partial charge in [-0.25, -0.2) is 0 Å². The normalized spacial score (nSPS) is 13.0. The third-order valence-electron chi connectivity index (χ3n) is 2.82. The van der Waals surface area contributed by atoms with E-state index in [0.717, 1.165) is 5.56 Å². The van der Waals surface area contributed by atoms with Crippen molar-refractivity contribution in [2.45, 2.75) is 25.8 Å². The third kappa shape index (κ3) is 5.85. The van der Waals surface area contributed by atoms with E-state index < -0.39 is 12.0 Å². The number of ketones is 1. The van der Waals surface area contributed by atoms with E-state index >= 15 is 0 Å². The van der Waals surface area contributed by atoms with Gasteiger partial charge in [0.1, 0.15) is 0 Å². The van der Waals surface area contributed by atoms with Crippen LogP contribution in [-0.4, -0.2) is 24.9 Å². The Balaban J connectivity index is 0.00000324. The number of carbonyl (C=O) groups excluding carboxylic acids is 2. The lowest BCUT2D eigenvalue weighted by Gasteiger charge is -2.13. The Labute approximate surface area is 119 Å². The van der Waals surface area contributed by atoms with Crippen LogP contribution in [0.2, 0.25) is 0 Å². The second-order valence-corrected chi connectivity index (χ2v) is 4.39. The van der Waals surface area contributed by atoms with Crippen LogP contribution in [0.1, 0.15) is 18.9 Å². The molecule has 0 fully saturated rings. The lowest BCUT2D eigenvalue weighted by atomic mass is 9.96. The van der Waals surface area contributed by atoms with Crippen LogP contribution < -0.4 is 5.73 Å². The Bertz CT molecular complexity index is 408. The van der Waals surface area contributed by atoms with Crippen LogP contribution in [0.5, 0.6) is 0 Å². The zero-order chi connectivity index (χ0) is 13.5. The number of rotatable bonds is 6. The van der Waals surface area contributed by atoms with Gasteiger partial charge < -0.3 is 10.5 Å². The van der Waals surface area contributed by atoms with E-state index in [1.165, 1.54) is 7.11 Å². The summed E-state index contributed by atoms with van der Waals surface area (Å²) in [6, 6.07) is 9.01. The van der Waals surface area contributed by atoms with Gasteiger partial charge >= 0.3 is 5.97 Å². The number of carbonyl (C=O) groups is 2. The number of methoxy groups -OCH3 is 1. The van der Waals surface area contributed by atoms with Gasteiger partial charge in [-0.15, -0.1) is 12.4 Å². The van der Waals surface area contributed by atoms with Gasteiger partial charge in [0.2, 0.25) is 0 Å². The summed E-state index contributed by atoms with van der Waals surface area (Å²) < 4.78 is 4.58. The maximum absolute atomic E-state index is 11.8. The van der Waals surface area contributed by atoms with Gasteiger partial charge in [0.25, 0.3) is 0 Å². The Kier molecular flexibility index (Phi) is 8.03. The van der Waals surface area contributed by atoms with Crippen LogP contribution in [0, 0.1) is 5.92 Å². The standard InChI is InChI=1S/C14H19NO3.ClH/c1-10(14(17)18-2)8-13(16)12(15)9-11-6-4-3-5-7-11;/h3-7,10,12H,8-9,15H2,1-2H3;1H. The summed E-state index contributed by atoms with van der Waals surface area (Å²) in [5, 5.41) is 0. The van der Waals surface area contributed by atoms with E-state index in [4.69, 9.17) is 5.73 Å². The van der Waals surface area contributed by atoms with Crippen molar-refractivity contribution in [1.82, 2.24) is 0 Å². The lowest BCUT2D eigenvalue weighted by Crippen LogP contribution is -2.34. The van der Waals surface area contributed by atoms with Crippen LogP contribution in [0.25, 0.3) is 0 Å². The fourth-order valence-electron chi connectivity index (χ4n) is 1.72. The van der Waals surface area contributed by atoms with Crippen molar-refractivity contribution in [2.24, 2.45) is 11.7 Å². The zero-order valence-electron chi connectivity index (χ0n) is 11.2. The molecule has 0 spiro atoms. The van der Waals surface area contributed by atoms with Crippen molar-refractivity contribution in [3.8, 4) is 0 Å². The predicted molar refractivity (Wildman–Crippen MR) is 76.2 cm³/mol. The molecule has 0 saturated heterocycles. The summed E-state index contributed by atoms with van der Waals surface area (Å²) in [6.07, 6.45) is 0.619. The van der Waals surface area contributed by atoms with E-state index in [-0.39, 0.29) is 30.6 Å². The minimum absolute atomic E-state index is 0. The van der Waals surface area contributed by atoms with Gasteiger partial charge in [0, 0.05) is 6.42 Å². The monoisotopic (exact) mass is 285 g/mol. The number of ether oxygens (including phenoxy) is 1. The summed E-state index contributed by atoms with van der Waals surface area (Å²) >= 11 is 0. The molecular weight excluding hydrogens is 266 g/mol. The number of nitrogens with two attached hydrogens (primary N) is 1. The first-order chi connectivity index (χ1) is 8.54. The van der Waals surface area contributed by atoms with Crippen LogP contribution >= 0.6 is 12.4 Å². The molecule has 106 valence electrons. The van der Waals surface area contributed by atoms with Crippen LogP contribution in [-0.2, 0) is 20.7 Å². The number of hydrogen-bond acceptors (Lipinski definition) is 4. The van der Waals surface area contributed by atoms with Gasteiger partial charge in [-0.2, -0.15) is 0 Å². The van der Waals surface area contributed by atoms with Crippen molar-refractivity contribution >= 4 is 24.2 Å². The molecule has 0 amide bonds. The van der Waals surface area contributed by atoms with Gasteiger partial charge in [-0.3, -0.25) is 9.59 Å². The third-order valence-corrected chi connectivity index (χ3v) is 2.82. The van der Waals surface area contributed by atoms with Crippen molar-refractivity contribution in [3.05, 3.63) is 35.9 Å². The van der Waals surface area contributed by atoms with E-state index in [1.54, 1.807) is 6.92 Å². The molecule has 0 saturated carbocycles. The average Bonchev–Trinajstić information content (AvgIpc) is 2.38. The Morgan fingerprint density at radius 1 is 1.26 bits per heavy atom. The molecule has 2 unspecified atom stereocenters. The average molecular weight is 286 g/mol. The maximum Gasteiger partial charge on any atom is 0.308 e. The molecule has 2 N–H and O–H groups in total. The fraction of sp³-hybridized carbons (Fsp3) is 0.429. The molecule has 0 radical (unpaired) electrons. The highest BCUT2D eigenvalue weighted by Crippen LogP contribution is 2.09. The summed E-state index contributed by atoms with van der Waals surface area (Å²) in [5.41, 5.74) is 6.86. The zero-order valence-corrected chi connectivity index (χ0v) is 12.0. The Hall–Kier alpha value is -1.39. The Morgan fingerprint density at radius 2 is 1.84 bits per heavy atom. The topological polar surface area (TPSA) is 69.4 Å². The number of halogens is 1. The van der Waals surface area contributed by atoms with Crippen molar-refractivity contribution in [3.63, 3.8) is 0 Å². The van der Waals surface area contributed by atoms with Crippen molar-refractivity contribution in [2.75, 3.05) is 7.11 Å². The van der Waals surface area contributed by atoms with E-state index in [9.17, 15) is 9.59 Å². The molecular formula is C14H20ClNO3.